The number of nitrogens with two attached hydrogens (primary N) is 1. The van der Waals surface area contributed by atoms with Crippen LogP contribution >= 0.6 is 11.3 Å². The van der Waals surface area contributed by atoms with Gasteiger partial charge in [0.15, 0.2) is 0 Å². The van der Waals surface area contributed by atoms with Crippen LogP contribution in [0, 0.1) is 0 Å². The zero-order valence-electron chi connectivity index (χ0n) is 9.55. The number of hydrogen-bond acceptors (Lipinski definition) is 4. The SMILES string of the molecule is CC(NC(=O)C(N)CCC(=O)O)c1ccsc1. The van der Waals surface area contributed by atoms with Gasteiger partial charge in [-0.2, -0.15) is 11.3 Å². The van der Waals surface area contributed by atoms with E-state index in [1.54, 1.807) is 11.3 Å². The molecular weight excluding hydrogens is 240 g/mol. The number of rotatable bonds is 6. The Bertz CT molecular complexity index is 378. The lowest BCUT2D eigenvalue weighted by Gasteiger charge is -2.16. The third kappa shape index (κ3) is 4.54. The number of thiophene rings is 1. The number of carbonyl (C=O) groups excluding carboxylic acids is 1. The molecule has 4 N–H and O–H groups in total. The van der Waals surface area contributed by atoms with Crippen LogP contribution in [0.3, 0.4) is 0 Å². The molecule has 1 aromatic rings. The average molecular weight is 256 g/mol. The topological polar surface area (TPSA) is 92.4 Å². The number of amides is 1. The summed E-state index contributed by atoms with van der Waals surface area (Å²) in [6.45, 7) is 1.86. The third-order valence-electron chi connectivity index (χ3n) is 2.41. The Hall–Kier alpha value is -1.40. The Balaban J connectivity index is 2.40. The van der Waals surface area contributed by atoms with E-state index in [4.69, 9.17) is 10.8 Å². The van der Waals surface area contributed by atoms with Gasteiger partial charge in [-0.05, 0) is 35.7 Å². The molecule has 0 aromatic carbocycles. The molecule has 1 rings (SSSR count). The van der Waals surface area contributed by atoms with Gasteiger partial charge in [0.1, 0.15) is 0 Å². The third-order valence-corrected chi connectivity index (χ3v) is 3.11. The monoisotopic (exact) mass is 256 g/mol. The van der Waals surface area contributed by atoms with E-state index in [1.807, 2.05) is 23.8 Å². The van der Waals surface area contributed by atoms with E-state index >= 15 is 0 Å². The minimum Gasteiger partial charge on any atom is -0.481 e. The van der Waals surface area contributed by atoms with Crippen molar-refractivity contribution in [2.24, 2.45) is 5.73 Å². The van der Waals surface area contributed by atoms with Crippen molar-refractivity contribution < 1.29 is 14.7 Å². The first-order valence-corrected chi connectivity index (χ1v) is 6.25. The molecule has 6 heteroatoms. The van der Waals surface area contributed by atoms with Crippen molar-refractivity contribution in [2.75, 3.05) is 0 Å². The van der Waals surface area contributed by atoms with Crippen molar-refractivity contribution in [3.8, 4) is 0 Å². The molecule has 0 saturated carbocycles. The summed E-state index contributed by atoms with van der Waals surface area (Å²) in [6.07, 6.45) is 0.0545. The minimum atomic E-state index is -0.945. The highest BCUT2D eigenvalue weighted by molar-refractivity contribution is 7.07. The van der Waals surface area contributed by atoms with E-state index in [0.717, 1.165) is 5.56 Å². The summed E-state index contributed by atoms with van der Waals surface area (Å²) in [5.41, 5.74) is 6.62. The summed E-state index contributed by atoms with van der Waals surface area (Å²) in [5, 5.41) is 15.1. The Labute approximate surface area is 104 Å². The standard InChI is InChI=1S/C11H16N2O3S/c1-7(8-4-5-17-6-8)13-11(16)9(12)2-3-10(14)15/h4-7,9H,2-3,12H2,1H3,(H,13,16)(H,14,15). The van der Waals surface area contributed by atoms with E-state index in [1.165, 1.54) is 0 Å². The van der Waals surface area contributed by atoms with E-state index in [-0.39, 0.29) is 24.8 Å². The molecule has 17 heavy (non-hydrogen) atoms. The normalized spacial score (nSPS) is 14.0. The van der Waals surface area contributed by atoms with E-state index in [2.05, 4.69) is 5.32 Å². The van der Waals surface area contributed by atoms with Crippen LogP contribution in [0.1, 0.15) is 31.4 Å². The van der Waals surface area contributed by atoms with Gasteiger partial charge in [-0.25, -0.2) is 0 Å². The molecule has 2 unspecified atom stereocenters. The molecule has 1 heterocycles. The largest absolute Gasteiger partial charge is 0.481 e. The predicted molar refractivity (Wildman–Crippen MR) is 65.7 cm³/mol. The predicted octanol–water partition coefficient (Wildman–Crippen LogP) is 1.12. The molecule has 0 radical (unpaired) electrons. The van der Waals surface area contributed by atoms with Gasteiger partial charge in [-0.3, -0.25) is 9.59 Å². The van der Waals surface area contributed by atoms with Gasteiger partial charge in [-0.15, -0.1) is 0 Å². The summed E-state index contributed by atoms with van der Waals surface area (Å²) in [7, 11) is 0. The van der Waals surface area contributed by atoms with Crippen LogP contribution < -0.4 is 11.1 Å². The highest BCUT2D eigenvalue weighted by Crippen LogP contribution is 2.15. The van der Waals surface area contributed by atoms with Gasteiger partial charge in [0.25, 0.3) is 0 Å². The van der Waals surface area contributed by atoms with Crippen LogP contribution in [-0.2, 0) is 9.59 Å². The van der Waals surface area contributed by atoms with Crippen molar-refractivity contribution in [1.29, 1.82) is 0 Å². The molecule has 5 nitrogen and oxygen atoms in total. The van der Waals surface area contributed by atoms with E-state index < -0.39 is 12.0 Å². The Morgan fingerprint density at radius 3 is 2.82 bits per heavy atom. The second-order valence-electron chi connectivity index (χ2n) is 3.83. The molecule has 1 aromatic heterocycles. The number of hydrogen-bond donors (Lipinski definition) is 3. The summed E-state index contributed by atoms with van der Waals surface area (Å²) in [6, 6.07) is 1.05. The lowest BCUT2D eigenvalue weighted by molar-refractivity contribution is -0.137. The highest BCUT2D eigenvalue weighted by atomic mass is 32.1. The van der Waals surface area contributed by atoms with Crippen LogP contribution in [0.4, 0.5) is 0 Å². The van der Waals surface area contributed by atoms with Crippen LogP contribution in [0.2, 0.25) is 0 Å². The Kier molecular flexibility index (Phi) is 5.11. The van der Waals surface area contributed by atoms with Gasteiger partial charge >= 0.3 is 5.97 Å². The fourth-order valence-electron chi connectivity index (χ4n) is 1.34. The second-order valence-corrected chi connectivity index (χ2v) is 4.61. The zero-order valence-corrected chi connectivity index (χ0v) is 10.4. The van der Waals surface area contributed by atoms with Gasteiger partial charge in [0.05, 0.1) is 12.1 Å². The minimum absolute atomic E-state index is 0.0958. The maximum absolute atomic E-state index is 11.6. The van der Waals surface area contributed by atoms with Crippen molar-refractivity contribution in [3.05, 3.63) is 22.4 Å². The number of aliphatic carboxylic acids is 1. The molecule has 0 bridgehead atoms. The van der Waals surface area contributed by atoms with Crippen molar-refractivity contribution in [2.45, 2.75) is 31.8 Å². The van der Waals surface area contributed by atoms with E-state index in [9.17, 15) is 9.59 Å². The first-order valence-electron chi connectivity index (χ1n) is 5.30. The van der Waals surface area contributed by atoms with Gasteiger partial charge in [0.2, 0.25) is 5.91 Å². The van der Waals surface area contributed by atoms with Gasteiger partial charge in [0, 0.05) is 6.42 Å². The van der Waals surface area contributed by atoms with Crippen LogP contribution in [0.5, 0.6) is 0 Å². The summed E-state index contributed by atoms with van der Waals surface area (Å²) < 4.78 is 0. The number of carbonyl (C=O) groups is 2. The fourth-order valence-corrected chi connectivity index (χ4v) is 2.09. The molecule has 0 aliphatic carbocycles. The molecule has 2 atom stereocenters. The highest BCUT2D eigenvalue weighted by Gasteiger charge is 2.17. The molecule has 0 aliphatic rings. The zero-order chi connectivity index (χ0) is 12.8. The Morgan fingerprint density at radius 1 is 1.59 bits per heavy atom. The molecule has 1 amide bonds. The van der Waals surface area contributed by atoms with Crippen LogP contribution in [0.15, 0.2) is 16.8 Å². The van der Waals surface area contributed by atoms with Crippen molar-refractivity contribution >= 4 is 23.2 Å². The van der Waals surface area contributed by atoms with Gasteiger partial charge in [-0.1, -0.05) is 0 Å². The first kappa shape index (κ1) is 13.7. The van der Waals surface area contributed by atoms with Crippen molar-refractivity contribution in [1.82, 2.24) is 5.32 Å². The second kappa shape index (κ2) is 6.36. The summed E-state index contributed by atoms with van der Waals surface area (Å²) in [4.78, 5) is 22.0. The Morgan fingerprint density at radius 2 is 2.29 bits per heavy atom. The number of carboxylic acid groups (broad SMARTS) is 1. The van der Waals surface area contributed by atoms with E-state index in [0.29, 0.717) is 0 Å². The van der Waals surface area contributed by atoms with Crippen molar-refractivity contribution in [3.63, 3.8) is 0 Å². The molecule has 94 valence electrons. The van der Waals surface area contributed by atoms with Crippen LogP contribution in [-0.4, -0.2) is 23.0 Å². The molecule has 0 fully saturated rings. The lowest BCUT2D eigenvalue weighted by Crippen LogP contribution is -2.41. The van der Waals surface area contributed by atoms with Gasteiger partial charge < -0.3 is 16.2 Å². The maximum Gasteiger partial charge on any atom is 0.303 e. The first-order chi connectivity index (χ1) is 8.00. The summed E-state index contributed by atoms with van der Waals surface area (Å²) >= 11 is 1.56. The molecule has 0 aliphatic heterocycles. The smallest absolute Gasteiger partial charge is 0.303 e. The summed E-state index contributed by atoms with van der Waals surface area (Å²) in [5.74, 6) is -1.26. The average Bonchev–Trinajstić information content (AvgIpc) is 2.78. The molecular formula is C11H16N2O3S. The quantitative estimate of drug-likeness (QED) is 0.711. The molecule has 0 spiro atoms. The number of nitrogens with one attached hydrogen (secondary N) is 1. The number of carboxylic acids is 1. The van der Waals surface area contributed by atoms with Crippen LogP contribution in [0.25, 0.3) is 0 Å². The maximum atomic E-state index is 11.6. The fraction of sp³-hybridized carbons (Fsp3) is 0.455. The lowest BCUT2D eigenvalue weighted by atomic mass is 10.1. The molecule has 0 saturated heterocycles.